The Kier molecular flexibility index (Phi) is 10.6. The first-order valence-electron chi connectivity index (χ1n) is 13.0. The number of hydrogen-bond donors (Lipinski definition) is 2. The van der Waals surface area contributed by atoms with Crippen LogP contribution in [0.5, 0.6) is 5.75 Å². The van der Waals surface area contributed by atoms with E-state index in [1.807, 2.05) is 21.8 Å². The zero-order chi connectivity index (χ0) is 28.6. The molecule has 0 bridgehead atoms. The van der Waals surface area contributed by atoms with Crippen LogP contribution in [0.15, 0.2) is 36.7 Å². The Balaban J connectivity index is 1.34. The number of nitrogens with two attached hydrogens (primary N) is 2. The molecule has 0 spiro atoms. The fourth-order valence-electron chi connectivity index (χ4n) is 4.48. The molecule has 216 valence electrons. The predicted molar refractivity (Wildman–Crippen MR) is 151 cm³/mol. The Labute approximate surface area is 242 Å². The number of hydrogen-bond acceptors (Lipinski definition) is 8. The lowest BCUT2D eigenvalue weighted by Gasteiger charge is -2.32. The number of nitrogen functional groups attached to an aromatic ring is 1. The first-order valence-corrected chi connectivity index (χ1v) is 13.8. The highest BCUT2D eigenvalue weighted by Crippen LogP contribution is 2.37. The van der Waals surface area contributed by atoms with Crippen molar-refractivity contribution in [1.29, 1.82) is 0 Å². The van der Waals surface area contributed by atoms with Crippen molar-refractivity contribution in [2.75, 3.05) is 51.8 Å². The van der Waals surface area contributed by atoms with E-state index in [2.05, 4.69) is 4.98 Å². The molecule has 1 aromatic carbocycles. The first kappa shape index (κ1) is 30.0. The molecule has 10 nitrogen and oxygen atoms in total. The Bertz CT molecular complexity index is 1300. The molecule has 1 fully saturated rings. The SMILES string of the molecule is C[C@H](Oc1cc(-c2ccn(C3CCN(C(=O)COCCOCCN)CC3)n2)cnc1N)c1c(Cl)ccc(F)c1Cl. The molecule has 0 unspecified atom stereocenters. The number of ether oxygens (including phenoxy) is 3. The molecule has 0 aliphatic carbocycles. The minimum Gasteiger partial charge on any atom is -0.482 e. The second kappa shape index (κ2) is 14.1. The summed E-state index contributed by atoms with van der Waals surface area (Å²) in [6, 6.07) is 6.40. The summed E-state index contributed by atoms with van der Waals surface area (Å²) >= 11 is 12.4. The maximum Gasteiger partial charge on any atom is 0.248 e. The number of amides is 1. The van der Waals surface area contributed by atoms with Crippen LogP contribution in [0, 0.1) is 5.82 Å². The zero-order valence-corrected chi connectivity index (χ0v) is 23.7. The molecule has 3 aromatic rings. The Morgan fingerprint density at radius 2 is 1.93 bits per heavy atom. The third-order valence-electron chi connectivity index (χ3n) is 6.63. The molecule has 0 saturated carbocycles. The number of piperidine rings is 1. The maximum absolute atomic E-state index is 14.0. The van der Waals surface area contributed by atoms with Gasteiger partial charge in [0.1, 0.15) is 18.5 Å². The summed E-state index contributed by atoms with van der Waals surface area (Å²) in [7, 11) is 0. The third-order valence-corrected chi connectivity index (χ3v) is 7.34. The average Bonchev–Trinajstić information content (AvgIpc) is 3.44. The summed E-state index contributed by atoms with van der Waals surface area (Å²) in [6.07, 6.45) is 4.38. The number of nitrogens with zero attached hydrogens (tertiary/aromatic N) is 4. The van der Waals surface area contributed by atoms with Gasteiger partial charge in [0.25, 0.3) is 0 Å². The van der Waals surface area contributed by atoms with Crippen LogP contribution in [-0.4, -0.2) is 71.6 Å². The van der Waals surface area contributed by atoms with Crippen LogP contribution < -0.4 is 16.2 Å². The molecule has 0 radical (unpaired) electrons. The van der Waals surface area contributed by atoms with E-state index in [1.54, 1.807) is 19.2 Å². The van der Waals surface area contributed by atoms with Gasteiger partial charge in [0.2, 0.25) is 5.91 Å². The number of carbonyl (C=O) groups excluding carboxylic acids is 1. The van der Waals surface area contributed by atoms with Crippen molar-refractivity contribution in [2.45, 2.75) is 31.9 Å². The summed E-state index contributed by atoms with van der Waals surface area (Å²) in [5, 5.41) is 4.93. The van der Waals surface area contributed by atoms with Gasteiger partial charge in [-0.25, -0.2) is 9.37 Å². The molecule has 1 saturated heterocycles. The highest BCUT2D eigenvalue weighted by molar-refractivity contribution is 6.36. The second-order valence-corrected chi connectivity index (χ2v) is 10.2. The molecule has 3 heterocycles. The highest BCUT2D eigenvalue weighted by atomic mass is 35.5. The minimum absolute atomic E-state index is 0.0334. The van der Waals surface area contributed by atoms with Crippen molar-refractivity contribution in [2.24, 2.45) is 5.73 Å². The molecular formula is C27H33Cl2FN6O4. The smallest absolute Gasteiger partial charge is 0.248 e. The number of benzene rings is 1. The van der Waals surface area contributed by atoms with Gasteiger partial charge in [-0.3, -0.25) is 9.48 Å². The summed E-state index contributed by atoms with van der Waals surface area (Å²) < 4.78 is 32.6. The average molecular weight is 596 g/mol. The van der Waals surface area contributed by atoms with Gasteiger partial charge in [0.05, 0.1) is 36.6 Å². The lowest BCUT2D eigenvalue weighted by atomic mass is 10.1. The minimum atomic E-state index is -0.685. The fraction of sp³-hybridized carbons (Fsp3) is 0.444. The molecule has 13 heteroatoms. The van der Waals surface area contributed by atoms with Crippen molar-refractivity contribution in [3.63, 3.8) is 0 Å². The van der Waals surface area contributed by atoms with Crippen LogP contribution in [0.4, 0.5) is 10.2 Å². The van der Waals surface area contributed by atoms with E-state index in [1.165, 1.54) is 12.1 Å². The van der Waals surface area contributed by atoms with E-state index >= 15 is 0 Å². The van der Waals surface area contributed by atoms with Crippen molar-refractivity contribution in [3.8, 4) is 17.0 Å². The van der Waals surface area contributed by atoms with Gasteiger partial charge in [0, 0.05) is 48.2 Å². The van der Waals surface area contributed by atoms with Gasteiger partial charge in [-0.05, 0) is 44.0 Å². The number of carbonyl (C=O) groups is 1. The molecule has 1 aliphatic rings. The summed E-state index contributed by atoms with van der Waals surface area (Å²) in [4.78, 5) is 18.5. The summed E-state index contributed by atoms with van der Waals surface area (Å²) in [5.41, 5.74) is 13.1. The monoisotopic (exact) mass is 594 g/mol. The number of aromatic nitrogens is 3. The quantitative estimate of drug-likeness (QED) is 0.235. The van der Waals surface area contributed by atoms with Crippen LogP contribution in [0.3, 0.4) is 0 Å². The summed E-state index contributed by atoms with van der Waals surface area (Å²) in [5.74, 6) is -0.151. The van der Waals surface area contributed by atoms with E-state index < -0.39 is 11.9 Å². The van der Waals surface area contributed by atoms with Crippen molar-refractivity contribution in [3.05, 3.63) is 58.1 Å². The summed E-state index contributed by atoms with van der Waals surface area (Å²) in [6.45, 7) is 4.69. The molecule has 1 atom stereocenters. The van der Waals surface area contributed by atoms with Crippen LogP contribution in [0.2, 0.25) is 10.0 Å². The predicted octanol–water partition coefficient (Wildman–Crippen LogP) is 4.27. The van der Waals surface area contributed by atoms with E-state index in [-0.39, 0.29) is 34.4 Å². The fourth-order valence-corrected chi connectivity index (χ4v) is 5.16. The molecule has 40 heavy (non-hydrogen) atoms. The van der Waals surface area contributed by atoms with E-state index in [0.29, 0.717) is 62.0 Å². The van der Waals surface area contributed by atoms with Crippen LogP contribution in [-0.2, 0) is 14.3 Å². The first-order chi connectivity index (χ1) is 19.3. The number of likely N-dealkylation sites (tertiary alicyclic amines) is 1. The third kappa shape index (κ3) is 7.41. The molecule has 4 N–H and O–H groups in total. The lowest BCUT2D eigenvalue weighted by Crippen LogP contribution is -2.41. The van der Waals surface area contributed by atoms with E-state index in [9.17, 15) is 9.18 Å². The number of halogens is 3. The van der Waals surface area contributed by atoms with E-state index in [4.69, 9.17) is 54.0 Å². The van der Waals surface area contributed by atoms with Gasteiger partial charge >= 0.3 is 0 Å². The number of pyridine rings is 1. The van der Waals surface area contributed by atoms with Crippen LogP contribution >= 0.6 is 23.2 Å². The van der Waals surface area contributed by atoms with Crippen molar-refractivity contribution < 1.29 is 23.4 Å². The van der Waals surface area contributed by atoms with Crippen LogP contribution in [0.25, 0.3) is 11.3 Å². The van der Waals surface area contributed by atoms with Crippen LogP contribution in [0.1, 0.15) is 37.5 Å². The lowest BCUT2D eigenvalue weighted by molar-refractivity contribution is -0.138. The molecule has 4 rings (SSSR count). The van der Waals surface area contributed by atoms with Crippen molar-refractivity contribution >= 4 is 34.9 Å². The van der Waals surface area contributed by atoms with Gasteiger partial charge in [-0.15, -0.1) is 0 Å². The van der Waals surface area contributed by atoms with Gasteiger partial charge in [0.15, 0.2) is 11.6 Å². The topological polar surface area (TPSA) is 131 Å². The van der Waals surface area contributed by atoms with Crippen molar-refractivity contribution in [1.82, 2.24) is 19.7 Å². The Hall–Kier alpha value is -2.96. The normalized spacial score (nSPS) is 14.9. The highest BCUT2D eigenvalue weighted by Gasteiger charge is 2.25. The number of rotatable bonds is 12. The van der Waals surface area contributed by atoms with E-state index in [0.717, 1.165) is 12.8 Å². The zero-order valence-electron chi connectivity index (χ0n) is 22.2. The van der Waals surface area contributed by atoms with Gasteiger partial charge in [-0.2, -0.15) is 5.10 Å². The largest absolute Gasteiger partial charge is 0.482 e. The Morgan fingerprint density at radius 3 is 2.67 bits per heavy atom. The Morgan fingerprint density at radius 1 is 1.18 bits per heavy atom. The molecular weight excluding hydrogens is 562 g/mol. The van der Waals surface area contributed by atoms with Gasteiger partial charge in [-0.1, -0.05) is 23.2 Å². The molecule has 1 amide bonds. The number of anilines is 1. The molecule has 2 aromatic heterocycles. The standard InChI is InChI=1S/C27H33Cl2FN6O4/c1-17(25-20(28)2-3-21(30)26(25)29)40-23-14-18(15-33-27(23)32)22-6-10-36(34-22)19-4-8-35(9-5-19)24(37)16-39-13-12-38-11-7-31/h2-3,6,10,14-15,17,19H,4-5,7-9,11-13,16,31H2,1H3,(H2,32,33)/t17-/m0/s1. The second-order valence-electron chi connectivity index (χ2n) is 9.37. The maximum atomic E-state index is 14.0. The van der Waals surface area contributed by atoms with Gasteiger partial charge < -0.3 is 30.6 Å². The molecule has 1 aliphatic heterocycles.